The molecule has 2 nitrogen and oxygen atoms in total. The Bertz CT molecular complexity index is 384. The molecule has 1 atom stereocenters. The molecule has 0 radical (unpaired) electrons. The smallest absolute Gasteiger partial charge is 0.0843 e. The van der Waals surface area contributed by atoms with Crippen LogP contribution in [0.4, 0.5) is 0 Å². The third-order valence-corrected chi connectivity index (χ3v) is 6.72. The first-order valence-electron chi connectivity index (χ1n) is 5.82. The fourth-order valence-electron chi connectivity index (χ4n) is 2.39. The Morgan fingerprint density at radius 1 is 1.53 bits per heavy atom. The van der Waals surface area contributed by atoms with Gasteiger partial charge in [0.15, 0.2) is 0 Å². The minimum absolute atomic E-state index is 0.365. The molecule has 96 valence electrons. The predicted molar refractivity (Wildman–Crippen MR) is 81.5 cm³/mol. The Hall–Kier alpha value is 0.580. The Kier molecular flexibility index (Phi) is 4.36. The lowest BCUT2D eigenvalue weighted by atomic mass is 9.93. The largest absolute Gasteiger partial charge is 0.329 e. The van der Waals surface area contributed by atoms with Gasteiger partial charge in [-0.1, -0.05) is 13.8 Å². The minimum Gasteiger partial charge on any atom is -0.329 e. The van der Waals surface area contributed by atoms with Crippen LogP contribution in [0.5, 0.6) is 0 Å². The highest BCUT2D eigenvalue weighted by molar-refractivity contribution is 9.13. The molecule has 2 N–H and O–H groups in total. The summed E-state index contributed by atoms with van der Waals surface area (Å²) in [5.41, 5.74) is 6.40. The molecule has 0 amide bonds. The van der Waals surface area contributed by atoms with E-state index in [-0.39, 0.29) is 0 Å². The highest BCUT2D eigenvalue weighted by Crippen LogP contribution is 2.40. The van der Waals surface area contributed by atoms with Crippen molar-refractivity contribution in [3.05, 3.63) is 19.2 Å². The molecule has 1 saturated heterocycles. The summed E-state index contributed by atoms with van der Waals surface area (Å²) in [4.78, 5) is 3.87. The van der Waals surface area contributed by atoms with Gasteiger partial charge in [-0.25, -0.2) is 0 Å². The van der Waals surface area contributed by atoms with E-state index in [1.165, 1.54) is 11.3 Å². The van der Waals surface area contributed by atoms with E-state index in [1.807, 2.05) is 0 Å². The van der Waals surface area contributed by atoms with Gasteiger partial charge in [-0.3, -0.25) is 4.90 Å². The monoisotopic (exact) mass is 380 g/mol. The molecule has 0 aliphatic carbocycles. The summed E-state index contributed by atoms with van der Waals surface area (Å²) in [5, 5.41) is 0. The van der Waals surface area contributed by atoms with Gasteiger partial charge in [-0.15, -0.1) is 11.3 Å². The lowest BCUT2D eigenvalue weighted by Gasteiger charge is -2.27. The lowest BCUT2D eigenvalue weighted by molar-refractivity contribution is 0.226. The van der Waals surface area contributed by atoms with Crippen LogP contribution in [-0.2, 0) is 0 Å². The number of hydrogen-bond donors (Lipinski definition) is 1. The van der Waals surface area contributed by atoms with E-state index in [4.69, 9.17) is 5.73 Å². The third kappa shape index (κ3) is 3.13. The van der Waals surface area contributed by atoms with Crippen LogP contribution < -0.4 is 5.73 Å². The summed E-state index contributed by atoms with van der Waals surface area (Å²) in [6.45, 7) is 7.65. The van der Waals surface area contributed by atoms with E-state index in [2.05, 4.69) is 56.7 Å². The molecule has 17 heavy (non-hydrogen) atoms. The maximum absolute atomic E-state index is 5.97. The molecule has 5 heteroatoms. The highest BCUT2D eigenvalue weighted by atomic mass is 79.9. The first-order chi connectivity index (χ1) is 7.93. The number of halogens is 2. The second-order valence-electron chi connectivity index (χ2n) is 5.41. The summed E-state index contributed by atoms with van der Waals surface area (Å²) in [6.07, 6.45) is 1.26. The lowest BCUT2D eigenvalue weighted by Crippen LogP contribution is -2.32. The Morgan fingerprint density at radius 3 is 2.65 bits per heavy atom. The summed E-state index contributed by atoms with van der Waals surface area (Å²) in [6, 6.07) is 2.56. The quantitative estimate of drug-likeness (QED) is 0.857. The fourth-order valence-corrected chi connectivity index (χ4v) is 4.63. The Balaban J connectivity index is 2.17. The average Bonchev–Trinajstić information content (AvgIpc) is 2.73. The van der Waals surface area contributed by atoms with Crippen molar-refractivity contribution in [2.75, 3.05) is 19.6 Å². The summed E-state index contributed by atoms with van der Waals surface area (Å²) >= 11 is 8.89. The summed E-state index contributed by atoms with van der Waals surface area (Å²) in [5.74, 6) is 0. The van der Waals surface area contributed by atoms with Gasteiger partial charge in [-0.2, -0.15) is 0 Å². The first-order valence-corrected chi connectivity index (χ1v) is 8.22. The Morgan fingerprint density at radius 2 is 2.24 bits per heavy atom. The van der Waals surface area contributed by atoms with Crippen molar-refractivity contribution in [2.45, 2.75) is 26.3 Å². The maximum Gasteiger partial charge on any atom is 0.0843 e. The zero-order valence-electron chi connectivity index (χ0n) is 10.2. The molecule has 0 spiro atoms. The van der Waals surface area contributed by atoms with Crippen molar-refractivity contribution in [2.24, 2.45) is 11.1 Å². The van der Waals surface area contributed by atoms with Gasteiger partial charge in [0.2, 0.25) is 0 Å². The average molecular weight is 382 g/mol. The summed E-state index contributed by atoms with van der Waals surface area (Å²) in [7, 11) is 0. The molecular formula is C12H18Br2N2S. The molecule has 1 fully saturated rings. The van der Waals surface area contributed by atoms with Crippen LogP contribution in [0.3, 0.4) is 0 Å². The molecule has 1 aromatic rings. The minimum atomic E-state index is 0.365. The van der Waals surface area contributed by atoms with E-state index < -0.39 is 0 Å². The zero-order chi connectivity index (χ0) is 12.6. The van der Waals surface area contributed by atoms with Gasteiger partial charge >= 0.3 is 0 Å². The molecule has 1 aromatic heterocycles. The molecule has 0 bridgehead atoms. The first kappa shape index (κ1) is 14.0. The molecule has 2 heterocycles. The number of rotatable bonds is 3. The van der Waals surface area contributed by atoms with E-state index in [0.717, 1.165) is 21.3 Å². The standard InChI is InChI=1S/C12H18Br2N2S/c1-12(2)3-4-16(7-12)9(6-15)10-5-8(13)11(14)17-10/h5,9H,3-4,6-7,15H2,1-2H3. The van der Waals surface area contributed by atoms with E-state index in [0.29, 0.717) is 18.0 Å². The van der Waals surface area contributed by atoms with Crippen LogP contribution in [-0.4, -0.2) is 24.5 Å². The molecule has 1 unspecified atom stereocenters. The van der Waals surface area contributed by atoms with Crippen LogP contribution in [0.1, 0.15) is 31.2 Å². The topological polar surface area (TPSA) is 29.3 Å². The van der Waals surface area contributed by atoms with Crippen molar-refractivity contribution in [3.63, 3.8) is 0 Å². The van der Waals surface area contributed by atoms with Crippen molar-refractivity contribution in [1.82, 2.24) is 4.90 Å². The maximum atomic E-state index is 5.97. The predicted octanol–water partition coefficient (Wildman–Crippen LogP) is 4.00. The highest BCUT2D eigenvalue weighted by Gasteiger charge is 2.34. The number of likely N-dealkylation sites (tertiary alicyclic amines) is 1. The normalized spacial score (nSPS) is 21.9. The van der Waals surface area contributed by atoms with Gasteiger partial charge in [0, 0.05) is 22.4 Å². The zero-order valence-corrected chi connectivity index (χ0v) is 14.2. The molecule has 1 aliphatic rings. The molecule has 0 saturated carbocycles. The molecule has 1 aliphatic heterocycles. The molecule has 0 aromatic carbocycles. The van der Waals surface area contributed by atoms with Crippen molar-refractivity contribution in [3.8, 4) is 0 Å². The number of thiophene rings is 1. The van der Waals surface area contributed by atoms with Gasteiger partial charge in [0.05, 0.1) is 9.83 Å². The number of nitrogens with zero attached hydrogens (tertiary/aromatic N) is 1. The van der Waals surface area contributed by atoms with Crippen LogP contribution in [0.15, 0.2) is 14.3 Å². The van der Waals surface area contributed by atoms with Crippen LogP contribution in [0.25, 0.3) is 0 Å². The van der Waals surface area contributed by atoms with Crippen LogP contribution in [0.2, 0.25) is 0 Å². The molecule has 2 rings (SSSR count). The second-order valence-corrected chi connectivity index (χ2v) is 8.66. The Labute approximate surface area is 124 Å². The fraction of sp³-hybridized carbons (Fsp3) is 0.667. The van der Waals surface area contributed by atoms with E-state index in [1.54, 1.807) is 11.3 Å². The van der Waals surface area contributed by atoms with E-state index >= 15 is 0 Å². The number of hydrogen-bond acceptors (Lipinski definition) is 3. The van der Waals surface area contributed by atoms with Crippen molar-refractivity contribution in [1.29, 1.82) is 0 Å². The molecular weight excluding hydrogens is 364 g/mol. The third-order valence-electron chi connectivity index (χ3n) is 3.36. The van der Waals surface area contributed by atoms with Gasteiger partial charge in [0.1, 0.15) is 0 Å². The van der Waals surface area contributed by atoms with Crippen molar-refractivity contribution >= 4 is 43.2 Å². The summed E-state index contributed by atoms with van der Waals surface area (Å²) < 4.78 is 2.29. The van der Waals surface area contributed by atoms with Crippen molar-refractivity contribution < 1.29 is 0 Å². The van der Waals surface area contributed by atoms with Gasteiger partial charge < -0.3 is 5.73 Å². The van der Waals surface area contributed by atoms with Crippen LogP contribution >= 0.6 is 43.2 Å². The second kappa shape index (κ2) is 5.29. The van der Waals surface area contributed by atoms with E-state index in [9.17, 15) is 0 Å². The van der Waals surface area contributed by atoms with Gasteiger partial charge in [0.25, 0.3) is 0 Å². The number of nitrogens with two attached hydrogens (primary N) is 1. The van der Waals surface area contributed by atoms with Crippen LogP contribution in [0, 0.1) is 5.41 Å². The SMILES string of the molecule is CC1(C)CCN(C(CN)c2cc(Br)c(Br)s2)C1. The van der Waals surface area contributed by atoms with Gasteiger partial charge in [-0.05, 0) is 56.3 Å².